The van der Waals surface area contributed by atoms with Gasteiger partial charge in [0.1, 0.15) is 11.3 Å². The van der Waals surface area contributed by atoms with Crippen molar-refractivity contribution in [1.82, 2.24) is 0 Å². The first kappa shape index (κ1) is 19.0. The summed E-state index contributed by atoms with van der Waals surface area (Å²) >= 11 is 6.42. The van der Waals surface area contributed by atoms with Gasteiger partial charge < -0.3 is 14.4 Å². The van der Waals surface area contributed by atoms with Crippen molar-refractivity contribution in [3.63, 3.8) is 0 Å². The Morgan fingerprint density at radius 1 is 1.07 bits per heavy atom. The number of hydrogen-bond acceptors (Lipinski definition) is 4. The van der Waals surface area contributed by atoms with Crippen LogP contribution in [0.4, 0.5) is 5.69 Å². The molecule has 0 radical (unpaired) electrons. The van der Waals surface area contributed by atoms with Gasteiger partial charge in [0, 0.05) is 55.5 Å². The van der Waals surface area contributed by atoms with Gasteiger partial charge in [0.15, 0.2) is 0 Å². The third kappa shape index (κ3) is 3.23. The standard InChI is InChI=1S/C23H19ClN2O3/c1-25-19-12-21-17(11-18(19)24)22(14-6-4-5-7-15(14)23(27)28)16-9-8-13(26(2)3)10-20(16)29-21/h4-12H,1-3H3,(H,27,28)/b25-19+. The van der Waals surface area contributed by atoms with E-state index in [4.69, 9.17) is 16.0 Å². The lowest BCUT2D eigenvalue weighted by Crippen LogP contribution is -2.09. The van der Waals surface area contributed by atoms with Crippen molar-refractivity contribution < 1.29 is 14.3 Å². The second-order valence-corrected chi connectivity index (χ2v) is 7.33. The van der Waals surface area contributed by atoms with E-state index in [-0.39, 0.29) is 5.56 Å². The molecule has 1 aliphatic carbocycles. The van der Waals surface area contributed by atoms with Crippen LogP contribution < -0.4 is 10.3 Å². The molecular weight excluding hydrogens is 388 g/mol. The quantitative estimate of drug-likeness (QED) is 0.477. The van der Waals surface area contributed by atoms with Gasteiger partial charge in [-0.25, -0.2) is 4.79 Å². The molecule has 1 N–H and O–H groups in total. The van der Waals surface area contributed by atoms with Crippen LogP contribution in [0, 0.1) is 0 Å². The predicted octanol–water partition coefficient (Wildman–Crippen LogP) is 5.15. The average molecular weight is 407 g/mol. The second kappa shape index (κ2) is 7.26. The zero-order valence-corrected chi connectivity index (χ0v) is 17.0. The number of carboxylic acids is 1. The van der Waals surface area contributed by atoms with Crippen molar-refractivity contribution in [1.29, 1.82) is 0 Å². The van der Waals surface area contributed by atoms with Gasteiger partial charge >= 0.3 is 5.97 Å². The summed E-state index contributed by atoms with van der Waals surface area (Å²) in [5.41, 5.74) is 3.98. The summed E-state index contributed by atoms with van der Waals surface area (Å²) in [6.45, 7) is 0. The van der Waals surface area contributed by atoms with Crippen molar-refractivity contribution in [3.05, 3.63) is 70.5 Å². The van der Waals surface area contributed by atoms with Gasteiger partial charge in [-0.05, 0) is 29.8 Å². The van der Waals surface area contributed by atoms with Gasteiger partial charge in [-0.1, -0.05) is 29.8 Å². The van der Waals surface area contributed by atoms with Crippen molar-refractivity contribution >= 4 is 34.2 Å². The van der Waals surface area contributed by atoms with Crippen LogP contribution in [0.3, 0.4) is 0 Å². The lowest BCUT2D eigenvalue weighted by molar-refractivity contribution is 0.0697. The van der Waals surface area contributed by atoms with Gasteiger partial charge in [0.25, 0.3) is 0 Å². The van der Waals surface area contributed by atoms with Crippen molar-refractivity contribution in [3.8, 4) is 22.5 Å². The van der Waals surface area contributed by atoms with E-state index >= 15 is 0 Å². The molecule has 2 aromatic rings. The van der Waals surface area contributed by atoms with E-state index in [1.807, 2.05) is 49.3 Å². The maximum absolute atomic E-state index is 11.9. The van der Waals surface area contributed by atoms with Gasteiger partial charge in [-0.15, -0.1) is 0 Å². The van der Waals surface area contributed by atoms with E-state index in [1.54, 1.807) is 31.3 Å². The summed E-state index contributed by atoms with van der Waals surface area (Å²) < 4.78 is 6.20. The maximum Gasteiger partial charge on any atom is 0.336 e. The molecule has 0 bridgehead atoms. The average Bonchev–Trinajstić information content (AvgIpc) is 2.71. The number of aromatic carboxylic acids is 1. The van der Waals surface area contributed by atoms with Gasteiger partial charge in [-0.2, -0.15) is 0 Å². The Morgan fingerprint density at radius 2 is 1.83 bits per heavy atom. The number of carboxylic acid groups (broad SMARTS) is 1. The first-order valence-corrected chi connectivity index (χ1v) is 9.41. The van der Waals surface area contributed by atoms with Crippen LogP contribution in [0.25, 0.3) is 33.4 Å². The predicted molar refractivity (Wildman–Crippen MR) is 116 cm³/mol. The van der Waals surface area contributed by atoms with Crippen molar-refractivity contribution in [2.75, 3.05) is 26.0 Å². The largest absolute Gasteiger partial charge is 0.478 e. The molecule has 5 nitrogen and oxygen atoms in total. The fourth-order valence-corrected chi connectivity index (χ4v) is 3.76. The van der Waals surface area contributed by atoms with Gasteiger partial charge in [0.05, 0.1) is 15.9 Å². The van der Waals surface area contributed by atoms with Crippen LogP contribution in [0.5, 0.6) is 0 Å². The third-order valence-electron chi connectivity index (χ3n) is 4.96. The smallest absolute Gasteiger partial charge is 0.336 e. The van der Waals surface area contributed by atoms with E-state index in [9.17, 15) is 9.90 Å². The van der Waals surface area contributed by atoms with Gasteiger partial charge in [0.2, 0.25) is 0 Å². The summed E-state index contributed by atoms with van der Waals surface area (Å²) in [5, 5.41) is 11.7. The molecule has 0 saturated heterocycles. The normalized spacial score (nSPS) is 11.9. The summed E-state index contributed by atoms with van der Waals surface area (Å²) in [5.74, 6) is -0.396. The zero-order chi connectivity index (χ0) is 20.7. The van der Waals surface area contributed by atoms with Crippen LogP contribution in [-0.4, -0.2) is 32.2 Å². The molecule has 0 spiro atoms. The molecule has 6 heteroatoms. The molecule has 0 unspecified atom stereocenters. The molecule has 0 aromatic heterocycles. The lowest BCUT2D eigenvalue weighted by atomic mass is 9.90. The van der Waals surface area contributed by atoms with E-state index < -0.39 is 5.97 Å². The molecule has 1 aliphatic heterocycles. The molecular formula is C23H19ClN2O3. The minimum Gasteiger partial charge on any atom is -0.478 e. The Morgan fingerprint density at radius 3 is 2.52 bits per heavy atom. The molecule has 0 fully saturated rings. The molecule has 1 heterocycles. The van der Waals surface area contributed by atoms with Crippen LogP contribution in [0.2, 0.25) is 5.02 Å². The molecule has 0 saturated carbocycles. The number of halogens is 1. The molecule has 146 valence electrons. The van der Waals surface area contributed by atoms with Crippen LogP contribution in [0.15, 0.2) is 64.0 Å². The van der Waals surface area contributed by atoms with Crippen LogP contribution >= 0.6 is 11.6 Å². The number of carbonyl (C=O) groups is 1. The Balaban J connectivity index is 2.21. The summed E-state index contributed by atoms with van der Waals surface area (Å²) in [7, 11) is 5.58. The highest BCUT2D eigenvalue weighted by molar-refractivity contribution is 6.31. The topological polar surface area (TPSA) is 66.0 Å². The van der Waals surface area contributed by atoms with Crippen LogP contribution in [0.1, 0.15) is 10.4 Å². The summed E-state index contributed by atoms with van der Waals surface area (Å²) in [4.78, 5) is 18.1. The number of fused-ring (bicyclic) bond motifs is 2. The maximum atomic E-state index is 11.9. The summed E-state index contributed by atoms with van der Waals surface area (Å²) in [6, 6.07) is 16.4. The number of rotatable bonds is 3. The molecule has 4 rings (SSSR count). The lowest BCUT2D eigenvalue weighted by Gasteiger charge is -2.19. The van der Waals surface area contributed by atoms with Gasteiger partial charge in [-0.3, -0.25) is 4.99 Å². The minimum absolute atomic E-state index is 0.221. The SMILES string of the molecule is C/N=c1\cc2oc3cc(N(C)C)ccc3c(-c3ccccc3C(=O)O)c-2cc1Cl. The Bertz CT molecular complexity index is 1290. The van der Waals surface area contributed by atoms with Crippen molar-refractivity contribution in [2.45, 2.75) is 0 Å². The minimum atomic E-state index is -0.987. The number of hydrogen-bond donors (Lipinski definition) is 1. The molecule has 0 atom stereocenters. The highest BCUT2D eigenvalue weighted by Crippen LogP contribution is 2.42. The monoisotopic (exact) mass is 406 g/mol. The molecule has 0 amide bonds. The first-order valence-electron chi connectivity index (χ1n) is 9.03. The zero-order valence-electron chi connectivity index (χ0n) is 16.2. The Hall–Kier alpha value is -3.31. The number of anilines is 1. The fourth-order valence-electron chi connectivity index (χ4n) is 3.52. The highest BCUT2D eigenvalue weighted by atomic mass is 35.5. The Kier molecular flexibility index (Phi) is 4.76. The molecule has 29 heavy (non-hydrogen) atoms. The number of benzene rings is 3. The Labute approximate surface area is 172 Å². The fraction of sp³-hybridized carbons (Fsp3) is 0.130. The van der Waals surface area contributed by atoms with Crippen molar-refractivity contribution in [2.24, 2.45) is 4.99 Å². The first-order chi connectivity index (χ1) is 13.9. The number of nitrogens with zero attached hydrogens (tertiary/aromatic N) is 2. The third-order valence-corrected chi connectivity index (χ3v) is 5.26. The van der Waals surface area contributed by atoms with E-state index in [0.717, 1.165) is 22.2 Å². The van der Waals surface area contributed by atoms with E-state index in [1.165, 1.54) is 0 Å². The highest BCUT2D eigenvalue weighted by Gasteiger charge is 2.22. The van der Waals surface area contributed by atoms with Crippen LogP contribution in [-0.2, 0) is 0 Å². The molecule has 2 aromatic carbocycles. The second-order valence-electron chi connectivity index (χ2n) is 6.93. The van der Waals surface area contributed by atoms with E-state index in [0.29, 0.717) is 27.3 Å². The molecule has 2 aliphatic rings. The van der Waals surface area contributed by atoms with E-state index in [2.05, 4.69) is 4.99 Å². The summed E-state index contributed by atoms with van der Waals surface area (Å²) in [6.07, 6.45) is 0.